The van der Waals surface area contributed by atoms with Crippen LogP contribution in [0.4, 0.5) is 13.2 Å². The van der Waals surface area contributed by atoms with Crippen LogP contribution in [0.5, 0.6) is 0 Å². The maximum Gasteiger partial charge on any atom is 0.416 e. The molecule has 0 atom stereocenters. The van der Waals surface area contributed by atoms with Gasteiger partial charge in [0, 0.05) is 24.6 Å². The molecule has 1 aromatic carbocycles. The number of alkyl halides is 3. The summed E-state index contributed by atoms with van der Waals surface area (Å²) >= 11 is 0. The number of nitrogens with one attached hydrogen (secondary N) is 1. The Morgan fingerprint density at radius 1 is 1.25 bits per heavy atom. The molecule has 0 saturated heterocycles. The van der Waals surface area contributed by atoms with Crippen LogP contribution in [0.3, 0.4) is 0 Å². The molecule has 0 bridgehead atoms. The van der Waals surface area contributed by atoms with Crippen LogP contribution in [0.1, 0.15) is 28.4 Å². The van der Waals surface area contributed by atoms with Crippen molar-refractivity contribution in [2.24, 2.45) is 0 Å². The lowest BCUT2D eigenvalue weighted by molar-refractivity contribution is -0.137. The number of sulfone groups is 1. The molecule has 130 valence electrons. The predicted octanol–water partition coefficient (Wildman–Crippen LogP) is 1.85. The first-order chi connectivity index (χ1) is 11.0. The van der Waals surface area contributed by atoms with Gasteiger partial charge < -0.3 is 5.10 Å². The molecule has 0 unspecified atom stereocenters. The van der Waals surface area contributed by atoms with E-state index in [1.54, 1.807) is 6.92 Å². The first-order valence-corrected chi connectivity index (χ1v) is 8.60. The number of ketones is 1. The fourth-order valence-corrected chi connectivity index (χ4v) is 3.05. The van der Waals surface area contributed by atoms with E-state index in [2.05, 4.69) is 5.10 Å². The van der Waals surface area contributed by atoms with E-state index in [1.807, 2.05) is 0 Å². The maximum absolute atomic E-state index is 12.8. The van der Waals surface area contributed by atoms with Gasteiger partial charge in [-0.15, -0.1) is 0 Å². The molecule has 2 aromatic rings. The third-order valence-electron chi connectivity index (χ3n) is 3.35. The molecule has 0 aliphatic heterocycles. The van der Waals surface area contributed by atoms with Gasteiger partial charge in [0.15, 0.2) is 9.84 Å². The highest BCUT2D eigenvalue weighted by atomic mass is 32.2. The van der Waals surface area contributed by atoms with Crippen molar-refractivity contribution in [2.75, 3.05) is 6.26 Å². The van der Waals surface area contributed by atoms with Crippen LogP contribution in [-0.4, -0.2) is 30.2 Å². The summed E-state index contributed by atoms with van der Waals surface area (Å²) in [5.74, 6) is -0.961. The maximum atomic E-state index is 12.8. The number of hydrogen-bond donors (Lipinski definition) is 1. The molecule has 1 N–H and O–H groups in total. The van der Waals surface area contributed by atoms with Crippen molar-refractivity contribution in [1.82, 2.24) is 9.78 Å². The number of aryl methyl sites for hydroxylation is 1. The Morgan fingerprint density at radius 3 is 2.33 bits per heavy atom. The Hall–Kier alpha value is -2.36. The van der Waals surface area contributed by atoms with E-state index in [1.165, 1.54) is 0 Å². The standard InChI is InChI=1S/C14H13F3N2O4S/c1-3-19-13(21)10(7-18-19)12(20)9-5-4-8(14(15,16)17)6-11(9)24(2,22)23/h4-7,18H,3H2,1-2H3. The molecule has 0 saturated carbocycles. The van der Waals surface area contributed by atoms with Crippen LogP contribution < -0.4 is 5.56 Å². The van der Waals surface area contributed by atoms with E-state index < -0.39 is 43.4 Å². The highest BCUT2D eigenvalue weighted by Crippen LogP contribution is 2.32. The number of rotatable bonds is 4. The van der Waals surface area contributed by atoms with Crippen molar-refractivity contribution in [3.05, 3.63) is 51.4 Å². The van der Waals surface area contributed by atoms with Crippen molar-refractivity contribution in [1.29, 1.82) is 0 Å². The Morgan fingerprint density at radius 2 is 1.88 bits per heavy atom. The number of carbonyl (C=O) groups is 1. The minimum absolute atomic E-state index is 0.248. The van der Waals surface area contributed by atoms with E-state index >= 15 is 0 Å². The van der Waals surface area contributed by atoms with E-state index in [4.69, 9.17) is 0 Å². The van der Waals surface area contributed by atoms with Gasteiger partial charge in [0.2, 0.25) is 5.78 Å². The molecular formula is C14H13F3N2O4S. The fraction of sp³-hybridized carbons (Fsp3) is 0.286. The van der Waals surface area contributed by atoms with Gasteiger partial charge in [-0.25, -0.2) is 8.42 Å². The summed E-state index contributed by atoms with van der Waals surface area (Å²) in [6, 6.07) is 1.77. The van der Waals surface area contributed by atoms with Crippen LogP contribution in [0.2, 0.25) is 0 Å². The fourth-order valence-electron chi connectivity index (χ4n) is 2.14. The van der Waals surface area contributed by atoms with Crippen LogP contribution in [0.15, 0.2) is 34.1 Å². The van der Waals surface area contributed by atoms with Crippen LogP contribution >= 0.6 is 0 Å². The van der Waals surface area contributed by atoms with Gasteiger partial charge in [0.05, 0.1) is 10.5 Å². The van der Waals surface area contributed by atoms with Crippen LogP contribution in [-0.2, 0) is 22.6 Å². The Kier molecular flexibility index (Phi) is 4.44. The summed E-state index contributed by atoms with van der Waals surface area (Å²) in [4.78, 5) is 23.7. The molecule has 0 fully saturated rings. The van der Waals surface area contributed by atoms with Gasteiger partial charge in [0.25, 0.3) is 5.56 Å². The second kappa shape index (κ2) is 5.93. The van der Waals surface area contributed by atoms with Gasteiger partial charge in [-0.05, 0) is 25.1 Å². The normalized spacial score (nSPS) is 12.4. The smallest absolute Gasteiger partial charge is 0.302 e. The molecule has 10 heteroatoms. The summed E-state index contributed by atoms with van der Waals surface area (Å²) in [6.45, 7) is 1.89. The van der Waals surface area contributed by atoms with Crippen molar-refractivity contribution in [3.8, 4) is 0 Å². The SMILES string of the molecule is CCn1[nH]cc(C(=O)c2ccc(C(F)(F)F)cc2S(C)(=O)=O)c1=O. The number of benzene rings is 1. The molecule has 0 spiro atoms. The lowest BCUT2D eigenvalue weighted by Gasteiger charge is -2.11. The Labute approximate surface area is 134 Å². The number of nitrogens with zero attached hydrogens (tertiary/aromatic N) is 1. The number of aromatic nitrogens is 2. The van der Waals surface area contributed by atoms with Gasteiger partial charge in [-0.3, -0.25) is 14.3 Å². The lowest BCUT2D eigenvalue weighted by atomic mass is 10.0. The van der Waals surface area contributed by atoms with Crippen molar-refractivity contribution in [3.63, 3.8) is 0 Å². The molecular weight excluding hydrogens is 349 g/mol. The molecule has 6 nitrogen and oxygen atoms in total. The number of H-pyrrole nitrogens is 1. The van der Waals surface area contributed by atoms with E-state index in [9.17, 15) is 31.2 Å². The van der Waals surface area contributed by atoms with Gasteiger partial charge in [-0.1, -0.05) is 0 Å². The summed E-state index contributed by atoms with van der Waals surface area (Å²) in [5.41, 5.74) is -2.70. The molecule has 2 rings (SSSR count). The van der Waals surface area contributed by atoms with Crippen molar-refractivity contribution < 1.29 is 26.4 Å². The molecule has 0 amide bonds. The predicted molar refractivity (Wildman–Crippen MR) is 78.7 cm³/mol. The molecule has 1 heterocycles. The number of aromatic amines is 1. The first kappa shape index (κ1) is 18.0. The number of carbonyl (C=O) groups excluding carboxylic acids is 1. The third kappa shape index (κ3) is 3.28. The largest absolute Gasteiger partial charge is 0.416 e. The third-order valence-corrected chi connectivity index (χ3v) is 4.49. The highest BCUT2D eigenvalue weighted by Gasteiger charge is 2.33. The van der Waals surface area contributed by atoms with E-state index in [0.717, 1.165) is 16.9 Å². The van der Waals surface area contributed by atoms with Crippen LogP contribution in [0, 0.1) is 0 Å². The molecule has 0 aliphatic carbocycles. The number of halogens is 3. The van der Waals surface area contributed by atoms with Crippen molar-refractivity contribution >= 4 is 15.6 Å². The van der Waals surface area contributed by atoms with E-state index in [-0.39, 0.29) is 12.1 Å². The lowest BCUT2D eigenvalue weighted by Crippen LogP contribution is -2.22. The average Bonchev–Trinajstić information content (AvgIpc) is 2.85. The monoisotopic (exact) mass is 362 g/mol. The second-order valence-electron chi connectivity index (χ2n) is 5.05. The van der Waals surface area contributed by atoms with E-state index in [0.29, 0.717) is 18.4 Å². The minimum Gasteiger partial charge on any atom is -0.302 e. The molecule has 0 radical (unpaired) electrons. The minimum atomic E-state index is -4.76. The molecule has 1 aromatic heterocycles. The summed E-state index contributed by atoms with van der Waals surface area (Å²) in [6.07, 6.45) is -2.97. The first-order valence-electron chi connectivity index (χ1n) is 6.71. The summed E-state index contributed by atoms with van der Waals surface area (Å²) in [5, 5.41) is 2.52. The quantitative estimate of drug-likeness (QED) is 0.841. The zero-order valence-electron chi connectivity index (χ0n) is 12.6. The summed E-state index contributed by atoms with van der Waals surface area (Å²) in [7, 11) is -4.12. The Balaban J connectivity index is 2.67. The molecule has 24 heavy (non-hydrogen) atoms. The topological polar surface area (TPSA) is 89.0 Å². The van der Waals surface area contributed by atoms with Gasteiger partial charge in [0.1, 0.15) is 5.56 Å². The second-order valence-corrected chi connectivity index (χ2v) is 7.03. The van der Waals surface area contributed by atoms with Gasteiger partial charge >= 0.3 is 6.18 Å². The van der Waals surface area contributed by atoms with Crippen LogP contribution in [0.25, 0.3) is 0 Å². The van der Waals surface area contributed by atoms with Crippen molar-refractivity contribution in [2.45, 2.75) is 24.5 Å². The number of hydrogen-bond acceptors (Lipinski definition) is 4. The Bertz CT molecular complexity index is 955. The zero-order chi connectivity index (χ0) is 18.3. The summed E-state index contributed by atoms with van der Waals surface area (Å²) < 4.78 is 63.1. The average molecular weight is 362 g/mol. The van der Waals surface area contributed by atoms with Gasteiger partial charge in [-0.2, -0.15) is 13.2 Å². The highest BCUT2D eigenvalue weighted by molar-refractivity contribution is 7.90. The zero-order valence-corrected chi connectivity index (χ0v) is 13.5. The molecule has 0 aliphatic rings.